The van der Waals surface area contributed by atoms with E-state index in [1.807, 2.05) is 19.4 Å². The lowest BCUT2D eigenvalue weighted by Gasteiger charge is -2.28. The fourth-order valence-electron chi connectivity index (χ4n) is 2.89. The highest BCUT2D eigenvalue weighted by Crippen LogP contribution is 2.23. The second-order valence-electron chi connectivity index (χ2n) is 6.15. The summed E-state index contributed by atoms with van der Waals surface area (Å²) in [5.74, 6) is 1.81. The van der Waals surface area contributed by atoms with Crippen molar-refractivity contribution in [1.82, 2.24) is 15.6 Å². The fourth-order valence-corrected chi connectivity index (χ4v) is 2.89. The topological polar surface area (TPSA) is 49.3 Å². The number of nitrogens with one attached hydrogen (secondary N) is 2. The third-order valence-electron chi connectivity index (χ3n) is 4.40. The molecule has 0 atom stereocenters. The lowest BCUT2D eigenvalue weighted by molar-refractivity contribution is 0.329. The van der Waals surface area contributed by atoms with E-state index in [2.05, 4.69) is 40.5 Å². The third-order valence-corrected chi connectivity index (χ3v) is 4.40. The van der Waals surface area contributed by atoms with Gasteiger partial charge >= 0.3 is 0 Å². The van der Waals surface area contributed by atoms with E-state index in [4.69, 9.17) is 0 Å². The van der Waals surface area contributed by atoms with Crippen LogP contribution in [0.4, 0.5) is 0 Å². The van der Waals surface area contributed by atoms with Gasteiger partial charge in [-0.25, -0.2) is 0 Å². The number of aliphatic imine (C=N–C) groups is 1. The first kappa shape index (κ1) is 15.8. The van der Waals surface area contributed by atoms with Gasteiger partial charge in [-0.15, -0.1) is 0 Å². The molecule has 1 aliphatic carbocycles. The molecule has 4 heteroatoms. The maximum atomic E-state index is 4.34. The van der Waals surface area contributed by atoms with E-state index < -0.39 is 0 Å². The summed E-state index contributed by atoms with van der Waals surface area (Å²) in [5, 5.41) is 6.98. The fraction of sp³-hybridized carbons (Fsp3) is 0.647. The second-order valence-corrected chi connectivity index (χ2v) is 6.15. The number of nitrogens with zero attached hydrogens (tertiary/aromatic N) is 2. The summed E-state index contributed by atoms with van der Waals surface area (Å²) < 4.78 is 0. The Hall–Kier alpha value is -1.58. The summed E-state index contributed by atoms with van der Waals surface area (Å²) >= 11 is 0. The Morgan fingerprint density at radius 1 is 1.33 bits per heavy atom. The molecule has 21 heavy (non-hydrogen) atoms. The molecule has 0 aromatic carbocycles. The van der Waals surface area contributed by atoms with Gasteiger partial charge in [-0.05, 0) is 62.1 Å². The lowest BCUT2D eigenvalue weighted by Crippen LogP contribution is -2.45. The van der Waals surface area contributed by atoms with Crippen molar-refractivity contribution in [3.63, 3.8) is 0 Å². The van der Waals surface area contributed by atoms with Gasteiger partial charge in [0.2, 0.25) is 0 Å². The molecular formula is C17H28N4. The summed E-state index contributed by atoms with van der Waals surface area (Å²) in [4.78, 5) is 8.47. The minimum Gasteiger partial charge on any atom is -0.356 e. The molecule has 0 bridgehead atoms. The minimum atomic E-state index is 0.579. The van der Waals surface area contributed by atoms with Crippen molar-refractivity contribution in [3.05, 3.63) is 29.6 Å². The first-order chi connectivity index (χ1) is 10.2. The molecule has 2 N–H and O–H groups in total. The Morgan fingerprint density at radius 3 is 2.76 bits per heavy atom. The van der Waals surface area contributed by atoms with Crippen LogP contribution in [0.25, 0.3) is 0 Å². The largest absolute Gasteiger partial charge is 0.356 e. The van der Waals surface area contributed by atoms with Gasteiger partial charge < -0.3 is 10.6 Å². The summed E-state index contributed by atoms with van der Waals surface area (Å²) in [7, 11) is 1.85. The molecule has 0 aliphatic heterocycles. The first-order valence-electron chi connectivity index (χ1n) is 8.05. The van der Waals surface area contributed by atoms with Crippen LogP contribution in [0, 0.1) is 12.8 Å². The highest BCUT2D eigenvalue weighted by molar-refractivity contribution is 5.79. The van der Waals surface area contributed by atoms with Crippen molar-refractivity contribution < 1.29 is 0 Å². The van der Waals surface area contributed by atoms with Crippen LogP contribution in [-0.4, -0.2) is 30.6 Å². The molecule has 1 saturated carbocycles. The van der Waals surface area contributed by atoms with Crippen LogP contribution in [0.5, 0.6) is 0 Å². The highest BCUT2D eigenvalue weighted by atomic mass is 15.2. The molecular weight excluding hydrogens is 260 g/mol. The van der Waals surface area contributed by atoms with Crippen molar-refractivity contribution in [3.8, 4) is 0 Å². The molecule has 0 saturated heterocycles. The molecule has 1 heterocycles. The molecule has 2 rings (SSSR count). The van der Waals surface area contributed by atoms with Gasteiger partial charge in [-0.1, -0.05) is 6.92 Å². The second kappa shape index (κ2) is 8.01. The molecule has 1 aromatic heterocycles. The molecule has 0 radical (unpaired) electrons. The van der Waals surface area contributed by atoms with E-state index in [0.717, 1.165) is 24.8 Å². The van der Waals surface area contributed by atoms with E-state index >= 15 is 0 Å². The average Bonchev–Trinajstić information content (AvgIpc) is 2.50. The maximum absolute atomic E-state index is 4.34. The predicted molar refractivity (Wildman–Crippen MR) is 88.6 cm³/mol. The number of hydrogen-bond acceptors (Lipinski definition) is 2. The highest BCUT2D eigenvalue weighted by Gasteiger charge is 2.18. The summed E-state index contributed by atoms with van der Waals surface area (Å²) in [6, 6.07) is 2.67. The molecule has 0 amide bonds. The van der Waals surface area contributed by atoms with E-state index in [1.165, 1.54) is 36.8 Å². The van der Waals surface area contributed by atoms with Crippen LogP contribution < -0.4 is 10.6 Å². The van der Waals surface area contributed by atoms with E-state index in [-0.39, 0.29) is 0 Å². The van der Waals surface area contributed by atoms with Gasteiger partial charge in [0.25, 0.3) is 0 Å². The Balaban J connectivity index is 1.74. The van der Waals surface area contributed by atoms with Crippen molar-refractivity contribution in [2.75, 3.05) is 13.6 Å². The van der Waals surface area contributed by atoms with Gasteiger partial charge in [0, 0.05) is 32.0 Å². The Kier molecular flexibility index (Phi) is 6.03. The SMILES string of the molecule is CN=C(NCCc1ccncc1C)NC1CCC(C)CC1. The Bertz CT molecular complexity index is 462. The number of pyridine rings is 1. The van der Waals surface area contributed by atoms with E-state index in [0.29, 0.717) is 6.04 Å². The molecule has 1 aliphatic rings. The zero-order chi connectivity index (χ0) is 15.1. The number of aromatic nitrogens is 1. The zero-order valence-electron chi connectivity index (χ0n) is 13.5. The van der Waals surface area contributed by atoms with Crippen LogP contribution in [0.15, 0.2) is 23.5 Å². The molecule has 1 aromatic rings. The van der Waals surface area contributed by atoms with Crippen molar-refractivity contribution in [1.29, 1.82) is 0 Å². The van der Waals surface area contributed by atoms with Gasteiger partial charge in [0.15, 0.2) is 5.96 Å². The average molecular weight is 288 g/mol. The molecule has 0 unspecified atom stereocenters. The van der Waals surface area contributed by atoms with Gasteiger partial charge in [0.05, 0.1) is 0 Å². The normalized spacial score (nSPS) is 22.9. The standard InChI is InChI=1S/C17H28N4/c1-13-4-6-16(7-5-13)21-17(18-3)20-11-9-15-8-10-19-12-14(15)2/h8,10,12-13,16H,4-7,9,11H2,1-3H3,(H2,18,20,21). The maximum Gasteiger partial charge on any atom is 0.191 e. The zero-order valence-corrected chi connectivity index (χ0v) is 13.5. The monoisotopic (exact) mass is 288 g/mol. The van der Waals surface area contributed by atoms with Gasteiger partial charge in [-0.3, -0.25) is 9.98 Å². The number of hydrogen-bond donors (Lipinski definition) is 2. The molecule has 1 fully saturated rings. The summed E-state index contributed by atoms with van der Waals surface area (Å²) in [6.07, 6.45) is 9.94. The summed E-state index contributed by atoms with van der Waals surface area (Å²) in [6.45, 7) is 5.35. The Labute approximate surface area is 128 Å². The van der Waals surface area contributed by atoms with Crippen LogP contribution in [0.2, 0.25) is 0 Å². The number of aryl methyl sites for hydroxylation is 1. The van der Waals surface area contributed by atoms with E-state index in [9.17, 15) is 0 Å². The molecule has 116 valence electrons. The van der Waals surface area contributed by atoms with Gasteiger partial charge in [0.1, 0.15) is 0 Å². The van der Waals surface area contributed by atoms with Crippen LogP contribution in [0.3, 0.4) is 0 Å². The number of rotatable bonds is 4. The van der Waals surface area contributed by atoms with Crippen LogP contribution in [0.1, 0.15) is 43.7 Å². The first-order valence-corrected chi connectivity index (χ1v) is 8.05. The predicted octanol–water partition coefficient (Wildman–Crippen LogP) is 2.68. The quantitative estimate of drug-likeness (QED) is 0.661. The van der Waals surface area contributed by atoms with E-state index in [1.54, 1.807) is 0 Å². The number of guanidine groups is 1. The van der Waals surface area contributed by atoms with Crippen molar-refractivity contribution in [2.24, 2.45) is 10.9 Å². The lowest BCUT2D eigenvalue weighted by atomic mass is 9.87. The third kappa shape index (κ3) is 5.03. The van der Waals surface area contributed by atoms with Crippen LogP contribution >= 0.6 is 0 Å². The smallest absolute Gasteiger partial charge is 0.191 e. The van der Waals surface area contributed by atoms with Crippen molar-refractivity contribution >= 4 is 5.96 Å². The van der Waals surface area contributed by atoms with Crippen LogP contribution in [-0.2, 0) is 6.42 Å². The molecule has 4 nitrogen and oxygen atoms in total. The summed E-state index contributed by atoms with van der Waals surface area (Å²) in [5.41, 5.74) is 2.60. The minimum absolute atomic E-state index is 0.579. The molecule has 0 spiro atoms. The van der Waals surface area contributed by atoms with Gasteiger partial charge in [-0.2, -0.15) is 0 Å². The van der Waals surface area contributed by atoms with Crippen molar-refractivity contribution in [2.45, 2.75) is 52.0 Å². The Morgan fingerprint density at radius 2 is 2.10 bits per heavy atom.